The summed E-state index contributed by atoms with van der Waals surface area (Å²) in [5.41, 5.74) is 3.06. The molecule has 25 heavy (non-hydrogen) atoms. The Morgan fingerprint density at radius 3 is 2.52 bits per heavy atom. The van der Waals surface area contributed by atoms with Crippen LogP contribution in [0.2, 0.25) is 0 Å². The Kier molecular flexibility index (Phi) is 6.15. The van der Waals surface area contributed by atoms with Gasteiger partial charge in [-0.3, -0.25) is 0 Å². The lowest BCUT2D eigenvalue weighted by Gasteiger charge is -2.21. The van der Waals surface area contributed by atoms with E-state index >= 15 is 0 Å². The van der Waals surface area contributed by atoms with Crippen LogP contribution in [0.3, 0.4) is 0 Å². The number of nitrogens with zero attached hydrogens (tertiary/aromatic N) is 1. The van der Waals surface area contributed by atoms with Crippen molar-refractivity contribution >= 4 is 6.21 Å². The number of hydrogen-bond acceptors (Lipinski definition) is 2. The molecule has 4 heteroatoms. The Morgan fingerprint density at radius 1 is 1.04 bits per heavy atom. The molecule has 0 aliphatic heterocycles. The lowest BCUT2D eigenvalue weighted by Crippen LogP contribution is -2.04. The summed E-state index contributed by atoms with van der Waals surface area (Å²) in [5, 5.41) is 3.94. The highest BCUT2D eigenvalue weighted by atomic mass is 19.3. The highest BCUT2D eigenvalue weighted by Gasteiger charge is 2.14. The minimum Gasteiger partial charge on any atom is -0.391 e. The summed E-state index contributed by atoms with van der Waals surface area (Å²) in [6.07, 6.45) is 5.78. The van der Waals surface area contributed by atoms with Crippen LogP contribution in [0.25, 0.3) is 0 Å². The molecule has 1 saturated carbocycles. The summed E-state index contributed by atoms with van der Waals surface area (Å²) < 4.78 is 25.3. The maximum atomic E-state index is 12.7. The van der Waals surface area contributed by atoms with Crippen molar-refractivity contribution in [3.8, 4) is 0 Å². The van der Waals surface area contributed by atoms with Gasteiger partial charge in [0.15, 0.2) is 0 Å². The summed E-state index contributed by atoms with van der Waals surface area (Å²) >= 11 is 0. The van der Waals surface area contributed by atoms with E-state index in [1.54, 1.807) is 18.3 Å². The third-order valence-corrected chi connectivity index (χ3v) is 4.72. The van der Waals surface area contributed by atoms with Gasteiger partial charge < -0.3 is 4.84 Å². The fraction of sp³-hybridized carbons (Fsp3) is 0.381. The van der Waals surface area contributed by atoms with E-state index in [0.717, 1.165) is 5.56 Å². The predicted octanol–water partition coefficient (Wildman–Crippen LogP) is 6.22. The van der Waals surface area contributed by atoms with E-state index in [1.807, 2.05) is 12.1 Å². The second kappa shape index (κ2) is 8.75. The van der Waals surface area contributed by atoms with Crippen LogP contribution in [0, 0.1) is 0 Å². The second-order valence-corrected chi connectivity index (χ2v) is 6.56. The number of oxime groups is 1. The molecule has 0 unspecified atom stereocenters. The molecule has 0 bridgehead atoms. The van der Waals surface area contributed by atoms with E-state index < -0.39 is 6.43 Å². The highest BCUT2D eigenvalue weighted by Crippen LogP contribution is 2.32. The molecule has 2 nitrogen and oxygen atoms in total. The number of hydrogen-bond donors (Lipinski definition) is 0. The molecule has 0 spiro atoms. The van der Waals surface area contributed by atoms with Crippen LogP contribution in [-0.2, 0) is 11.4 Å². The zero-order valence-corrected chi connectivity index (χ0v) is 14.2. The molecule has 2 aromatic carbocycles. The summed E-state index contributed by atoms with van der Waals surface area (Å²) in [5.74, 6) is 0.693. The Bertz CT molecular complexity index is 691. The molecule has 0 atom stereocenters. The number of alkyl halides is 2. The number of benzene rings is 2. The van der Waals surface area contributed by atoms with Gasteiger partial charge in [0.05, 0.1) is 6.21 Å². The van der Waals surface area contributed by atoms with Crippen molar-refractivity contribution in [2.75, 3.05) is 0 Å². The molecular formula is C21H23F2NO. The average molecular weight is 343 g/mol. The van der Waals surface area contributed by atoms with Crippen LogP contribution >= 0.6 is 0 Å². The molecule has 3 rings (SSSR count). The van der Waals surface area contributed by atoms with Crippen molar-refractivity contribution in [1.29, 1.82) is 0 Å². The first-order valence-corrected chi connectivity index (χ1v) is 8.84. The van der Waals surface area contributed by atoms with Crippen LogP contribution < -0.4 is 0 Å². The summed E-state index contributed by atoms with van der Waals surface area (Å²) in [6.45, 7) is 0.178. The molecule has 0 heterocycles. The lowest BCUT2D eigenvalue weighted by atomic mass is 9.84. The monoisotopic (exact) mass is 343 g/mol. The summed E-state index contributed by atoms with van der Waals surface area (Å²) in [7, 11) is 0. The van der Waals surface area contributed by atoms with Crippen LogP contribution in [-0.4, -0.2) is 6.21 Å². The summed E-state index contributed by atoms with van der Waals surface area (Å²) in [4.78, 5) is 5.23. The van der Waals surface area contributed by atoms with Crippen molar-refractivity contribution in [1.82, 2.24) is 0 Å². The van der Waals surface area contributed by atoms with Gasteiger partial charge in [-0.2, -0.15) is 0 Å². The molecule has 1 aliphatic carbocycles. The molecule has 0 aromatic heterocycles. The zero-order chi connectivity index (χ0) is 17.5. The van der Waals surface area contributed by atoms with Crippen molar-refractivity contribution in [2.24, 2.45) is 5.16 Å². The van der Waals surface area contributed by atoms with Crippen LogP contribution in [0.15, 0.2) is 53.7 Å². The number of rotatable bonds is 6. The largest absolute Gasteiger partial charge is 0.391 e. The molecule has 0 amide bonds. The van der Waals surface area contributed by atoms with E-state index in [0.29, 0.717) is 11.5 Å². The first-order chi connectivity index (χ1) is 12.2. The Morgan fingerprint density at radius 2 is 1.80 bits per heavy atom. The van der Waals surface area contributed by atoms with Gasteiger partial charge in [-0.1, -0.05) is 66.9 Å². The van der Waals surface area contributed by atoms with Crippen molar-refractivity contribution in [3.63, 3.8) is 0 Å². The van der Waals surface area contributed by atoms with Gasteiger partial charge in [0.25, 0.3) is 6.43 Å². The summed E-state index contributed by atoms with van der Waals surface area (Å²) in [6, 6.07) is 14.6. The molecule has 132 valence electrons. The molecule has 0 saturated heterocycles. The first-order valence-electron chi connectivity index (χ1n) is 8.84. The quantitative estimate of drug-likeness (QED) is 0.450. The van der Waals surface area contributed by atoms with E-state index in [-0.39, 0.29) is 12.2 Å². The van der Waals surface area contributed by atoms with Gasteiger partial charge in [0.2, 0.25) is 0 Å². The lowest BCUT2D eigenvalue weighted by molar-refractivity contribution is 0.130. The van der Waals surface area contributed by atoms with Crippen molar-refractivity contribution < 1.29 is 13.6 Å². The van der Waals surface area contributed by atoms with Crippen molar-refractivity contribution in [2.45, 2.75) is 51.1 Å². The Labute approximate surface area is 147 Å². The van der Waals surface area contributed by atoms with E-state index in [9.17, 15) is 8.78 Å². The van der Waals surface area contributed by atoms with E-state index in [4.69, 9.17) is 4.84 Å². The maximum Gasteiger partial charge on any atom is 0.263 e. The smallest absolute Gasteiger partial charge is 0.263 e. The van der Waals surface area contributed by atoms with Crippen LogP contribution in [0.1, 0.15) is 66.7 Å². The minimum atomic E-state index is -2.47. The first kappa shape index (κ1) is 17.6. The Hall–Kier alpha value is -2.23. The fourth-order valence-corrected chi connectivity index (χ4v) is 3.32. The predicted molar refractivity (Wildman–Crippen MR) is 96.1 cm³/mol. The minimum absolute atomic E-state index is 0.00313. The van der Waals surface area contributed by atoms with Gasteiger partial charge in [0, 0.05) is 5.56 Å². The standard InChI is InChI=1S/C21H23F2NO/c22-21(23)20-8-4-5-17(13-20)15-25-24-14-16-9-11-19(12-10-16)18-6-2-1-3-7-18/h4-5,8-14,18,21H,1-3,6-7,15H2. The van der Waals surface area contributed by atoms with Gasteiger partial charge in [-0.15, -0.1) is 0 Å². The van der Waals surface area contributed by atoms with E-state index in [2.05, 4.69) is 17.3 Å². The SMILES string of the molecule is FC(F)c1cccc(CON=Cc2ccc(C3CCCCC3)cc2)c1. The molecule has 0 radical (unpaired) electrons. The topological polar surface area (TPSA) is 21.6 Å². The van der Waals surface area contributed by atoms with E-state index in [1.165, 1.54) is 49.8 Å². The molecule has 1 aliphatic rings. The zero-order valence-electron chi connectivity index (χ0n) is 14.2. The maximum absolute atomic E-state index is 12.7. The highest BCUT2D eigenvalue weighted by molar-refractivity contribution is 5.79. The van der Waals surface area contributed by atoms with Gasteiger partial charge in [-0.25, -0.2) is 8.78 Å². The second-order valence-electron chi connectivity index (χ2n) is 6.56. The van der Waals surface area contributed by atoms with Crippen molar-refractivity contribution in [3.05, 3.63) is 70.8 Å². The molecular weight excluding hydrogens is 320 g/mol. The third-order valence-electron chi connectivity index (χ3n) is 4.72. The molecule has 0 N–H and O–H groups in total. The number of halogens is 2. The molecule has 1 fully saturated rings. The average Bonchev–Trinajstić information content (AvgIpc) is 2.67. The van der Waals surface area contributed by atoms with Crippen LogP contribution in [0.5, 0.6) is 0 Å². The fourth-order valence-electron chi connectivity index (χ4n) is 3.32. The van der Waals surface area contributed by atoms with Gasteiger partial charge in [0.1, 0.15) is 6.61 Å². The Balaban J connectivity index is 1.51. The normalized spacial score (nSPS) is 15.8. The van der Waals surface area contributed by atoms with Gasteiger partial charge in [-0.05, 0) is 41.5 Å². The van der Waals surface area contributed by atoms with Gasteiger partial charge >= 0.3 is 0 Å². The molecule has 2 aromatic rings. The third kappa shape index (κ3) is 5.12. The van der Waals surface area contributed by atoms with Crippen LogP contribution in [0.4, 0.5) is 8.78 Å².